The molecule has 1 aromatic heterocycles. The van der Waals surface area contributed by atoms with Gasteiger partial charge in [-0.05, 0) is 42.0 Å². The zero-order chi connectivity index (χ0) is 22.0. The highest BCUT2D eigenvalue weighted by molar-refractivity contribution is 6.42. The molecular weight excluding hydrogens is 476 g/mol. The fourth-order valence-corrected chi connectivity index (χ4v) is 4.05. The number of carbonyl (C=O) groups is 1. The molecule has 1 heterocycles. The molecule has 31 heavy (non-hydrogen) atoms. The lowest BCUT2D eigenvalue weighted by atomic mass is 10.2. The molecule has 0 spiro atoms. The zero-order valence-corrected chi connectivity index (χ0v) is 19.0. The molecular formula is C23H15Cl4N3O. The normalized spacial score (nSPS) is 11.4. The molecule has 0 fully saturated rings. The molecule has 0 atom stereocenters. The maximum absolute atomic E-state index is 12.4. The van der Waals surface area contributed by atoms with E-state index in [-0.39, 0.29) is 5.02 Å². The van der Waals surface area contributed by atoms with Gasteiger partial charge in [-0.15, -0.1) is 0 Å². The van der Waals surface area contributed by atoms with Crippen LogP contribution < -0.4 is 5.43 Å². The van der Waals surface area contributed by atoms with Crippen molar-refractivity contribution in [1.82, 2.24) is 9.99 Å². The summed E-state index contributed by atoms with van der Waals surface area (Å²) in [6, 6.07) is 18.2. The van der Waals surface area contributed by atoms with Crippen molar-refractivity contribution in [2.45, 2.75) is 6.54 Å². The zero-order valence-electron chi connectivity index (χ0n) is 15.9. The van der Waals surface area contributed by atoms with E-state index in [1.165, 1.54) is 6.07 Å². The number of halogens is 4. The second-order valence-electron chi connectivity index (χ2n) is 6.80. The fraction of sp³-hybridized carbons (Fsp3) is 0.0435. The smallest absolute Gasteiger partial charge is 0.272 e. The largest absolute Gasteiger partial charge is 0.342 e. The van der Waals surface area contributed by atoms with Crippen LogP contribution in [0.25, 0.3) is 10.9 Å². The number of hydrazone groups is 1. The number of carbonyl (C=O) groups excluding carboxylic acids is 1. The molecule has 0 saturated heterocycles. The van der Waals surface area contributed by atoms with Crippen LogP contribution >= 0.6 is 46.4 Å². The molecule has 8 heteroatoms. The highest BCUT2D eigenvalue weighted by Gasteiger charge is 2.11. The molecule has 3 aromatic carbocycles. The second-order valence-corrected chi connectivity index (χ2v) is 8.46. The maximum Gasteiger partial charge on any atom is 0.272 e. The van der Waals surface area contributed by atoms with E-state index < -0.39 is 5.91 Å². The van der Waals surface area contributed by atoms with Crippen LogP contribution in [0.5, 0.6) is 0 Å². The molecule has 0 bridgehead atoms. The molecule has 4 rings (SSSR count). The molecule has 0 aliphatic heterocycles. The van der Waals surface area contributed by atoms with Gasteiger partial charge in [0.25, 0.3) is 5.91 Å². The van der Waals surface area contributed by atoms with Gasteiger partial charge in [-0.25, -0.2) is 5.43 Å². The summed E-state index contributed by atoms with van der Waals surface area (Å²) < 4.78 is 2.09. The predicted molar refractivity (Wildman–Crippen MR) is 129 cm³/mol. The van der Waals surface area contributed by atoms with Gasteiger partial charge in [0.15, 0.2) is 0 Å². The van der Waals surface area contributed by atoms with Gasteiger partial charge >= 0.3 is 0 Å². The average Bonchev–Trinajstić information content (AvgIpc) is 3.08. The van der Waals surface area contributed by atoms with Crippen molar-refractivity contribution < 1.29 is 4.79 Å². The van der Waals surface area contributed by atoms with E-state index in [1.54, 1.807) is 24.4 Å². The highest BCUT2D eigenvalue weighted by atomic mass is 35.5. The number of fused-ring (bicyclic) bond motifs is 1. The summed E-state index contributed by atoms with van der Waals surface area (Å²) in [7, 11) is 0. The molecule has 0 radical (unpaired) electrons. The molecule has 0 saturated carbocycles. The number of hydrogen-bond acceptors (Lipinski definition) is 2. The number of nitrogens with one attached hydrogen (secondary N) is 1. The van der Waals surface area contributed by atoms with Crippen molar-refractivity contribution in [2.24, 2.45) is 5.10 Å². The summed E-state index contributed by atoms with van der Waals surface area (Å²) in [5.41, 5.74) is 5.71. The quantitative estimate of drug-likeness (QED) is 0.236. The Morgan fingerprint density at radius 2 is 1.74 bits per heavy atom. The molecule has 0 aliphatic carbocycles. The Morgan fingerprint density at radius 3 is 2.52 bits per heavy atom. The first-order chi connectivity index (χ1) is 14.9. The molecule has 0 aliphatic rings. The number of amides is 1. The van der Waals surface area contributed by atoms with Crippen molar-refractivity contribution >= 4 is 69.4 Å². The van der Waals surface area contributed by atoms with E-state index in [9.17, 15) is 4.79 Å². The van der Waals surface area contributed by atoms with E-state index in [0.717, 1.165) is 22.0 Å². The fourth-order valence-electron chi connectivity index (χ4n) is 3.24. The van der Waals surface area contributed by atoms with Crippen LogP contribution in [0.1, 0.15) is 21.5 Å². The number of hydrogen-bond donors (Lipinski definition) is 1. The lowest BCUT2D eigenvalue weighted by molar-refractivity contribution is 0.0955. The number of para-hydroxylation sites is 1. The van der Waals surface area contributed by atoms with Crippen molar-refractivity contribution in [3.05, 3.63) is 104 Å². The SMILES string of the molecule is O=C(N/N=C/c1cn(Cc2ccc(Cl)c(Cl)c2)c2ccccc12)c1ccc(Cl)cc1Cl. The van der Waals surface area contributed by atoms with Crippen LogP contribution in [0.2, 0.25) is 20.1 Å². The summed E-state index contributed by atoms with van der Waals surface area (Å²) in [6.45, 7) is 0.609. The summed E-state index contributed by atoms with van der Waals surface area (Å²) in [6.07, 6.45) is 3.58. The van der Waals surface area contributed by atoms with Crippen molar-refractivity contribution in [3.63, 3.8) is 0 Å². The number of benzene rings is 3. The van der Waals surface area contributed by atoms with Crippen LogP contribution in [0.4, 0.5) is 0 Å². The Bertz CT molecular complexity index is 1310. The molecule has 4 nitrogen and oxygen atoms in total. The van der Waals surface area contributed by atoms with E-state index in [1.807, 2.05) is 42.6 Å². The van der Waals surface area contributed by atoms with Gasteiger partial charge in [0.1, 0.15) is 0 Å². The average molecular weight is 491 g/mol. The minimum absolute atomic E-state index is 0.262. The van der Waals surface area contributed by atoms with Gasteiger partial charge in [-0.1, -0.05) is 70.7 Å². The van der Waals surface area contributed by atoms with Gasteiger partial charge in [0.05, 0.1) is 26.8 Å². The Hall–Kier alpha value is -2.50. The third-order valence-corrected chi connectivity index (χ3v) is 5.99. The van der Waals surface area contributed by atoms with Gasteiger partial charge in [-0.3, -0.25) is 4.79 Å². The van der Waals surface area contributed by atoms with Crippen molar-refractivity contribution in [3.8, 4) is 0 Å². The van der Waals surface area contributed by atoms with Crippen LogP contribution in [-0.2, 0) is 6.54 Å². The number of nitrogens with zero attached hydrogens (tertiary/aromatic N) is 2. The van der Waals surface area contributed by atoms with Crippen LogP contribution in [-0.4, -0.2) is 16.7 Å². The molecule has 1 N–H and O–H groups in total. The van der Waals surface area contributed by atoms with Gasteiger partial charge in [0.2, 0.25) is 0 Å². The standard InChI is InChI=1S/C23H15Cl4N3O/c24-16-6-7-18(20(26)10-16)23(31)29-28-11-15-13-30(22-4-2-1-3-17(15)22)12-14-5-8-19(25)21(27)9-14/h1-11,13H,12H2,(H,29,31)/b28-11+. The first kappa shape index (κ1) is 21.7. The monoisotopic (exact) mass is 489 g/mol. The first-order valence-corrected chi connectivity index (χ1v) is 10.7. The third-order valence-electron chi connectivity index (χ3n) is 4.70. The minimum atomic E-state index is -0.419. The number of aromatic nitrogens is 1. The lowest BCUT2D eigenvalue weighted by Crippen LogP contribution is -2.18. The van der Waals surface area contributed by atoms with E-state index >= 15 is 0 Å². The van der Waals surface area contributed by atoms with Gasteiger partial charge < -0.3 is 4.57 Å². The van der Waals surface area contributed by atoms with Crippen molar-refractivity contribution in [2.75, 3.05) is 0 Å². The van der Waals surface area contributed by atoms with Crippen LogP contribution in [0.3, 0.4) is 0 Å². The van der Waals surface area contributed by atoms with Gasteiger partial charge in [-0.2, -0.15) is 5.10 Å². The second kappa shape index (κ2) is 9.33. The van der Waals surface area contributed by atoms with E-state index in [2.05, 4.69) is 15.1 Å². The third kappa shape index (κ3) is 4.89. The Labute approximate surface area is 199 Å². The topological polar surface area (TPSA) is 46.4 Å². The van der Waals surface area contributed by atoms with Gasteiger partial charge in [0, 0.05) is 34.2 Å². The van der Waals surface area contributed by atoms with E-state index in [0.29, 0.717) is 27.2 Å². The summed E-state index contributed by atoms with van der Waals surface area (Å²) in [5.74, 6) is -0.419. The summed E-state index contributed by atoms with van der Waals surface area (Å²) >= 11 is 24.1. The van der Waals surface area contributed by atoms with Crippen LogP contribution in [0.15, 0.2) is 72.0 Å². The summed E-state index contributed by atoms with van der Waals surface area (Å²) in [4.78, 5) is 12.4. The summed E-state index contributed by atoms with van der Waals surface area (Å²) in [5, 5.41) is 6.87. The van der Waals surface area contributed by atoms with Crippen LogP contribution in [0, 0.1) is 0 Å². The predicted octanol–water partition coefficient (Wildman–Crippen LogP) is 7.07. The Morgan fingerprint density at radius 1 is 0.935 bits per heavy atom. The maximum atomic E-state index is 12.4. The van der Waals surface area contributed by atoms with Crippen molar-refractivity contribution in [1.29, 1.82) is 0 Å². The minimum Gasteiger partial charge on any atom is -0.342 e. The molecule has 156 valence electrons. The van der Waals surface area contributed by atoms with E-state index in [4.69, 9.17) is 46.4 Å². The first-order valence-electron chi connectivity index (χ1n) is 9.22. The number of rotatable bonds is 5. The highest BCUT2D eigenvalue weighted by Crippen LogP contribution is 2.25. The lowest BCUT2D eigenvalue weighted by Gasteiger charge is -2.06. The Balaban J connectivity index is 1.58. The molecule has 0 unspecified atom stereocenters. The molecule has 4 aromatic rings. The molecule has 1 amide bonds. The Kier molecular flexibility index (Phi) is 6.54.